The molecule has 0 saturated heterocycles. The summed E-state index contributed by atoms with van der Waals surface area (Å²) in [6.07, 6.45) is -0.541. The van der Waals surface area contributed by atoms with Gasteiger partial charge in [0.05, 0.1) is 18.6 Å². The van der Waals surface area contributed by atoms with Gasteiger partial charge in [0.1, 0.15) is 12.8 Å². The van der Waals surface area contributed by atoms with Crippen molar-refractivity contribution in [1.29, 1.82) is 0 Å². The van der Waals surface area contributed by atoms with E-state index in [0.717, 1.165) is 0 Å². The van der Waals surface area contributed by atoms with E-state index in [1.165, 1.54) is 0 Å². The van der Waals surface area contributed by atoms with Gasteiger partial charge in [-0.05, 0) is 13.8 Å². The molecule has 1 atom stereocenters. The van der Waals surface area contributed by atoms with Crippen LogP contribution in [-0.2, 0) is 19.1 Å². The van der Waals surface area contributed by atoms with Gasteiger partial charge in [-0.25, -0.2) is 4.79 Å². The number of nitrogens with two attached hydrogens (primary N) is 1. The van der Waals surface area contributed by atoms with E-state index in [9.17, 15) is 9.59 Å². The van der Waals surface area contributed by atoms with Gasteiger partial charge in [0.25, 0.3) is 0 Å². The summed E-state index contributed by atoms with van der Waals surface area (Å²) in [5.74, 6) is -2.03. The molecule has 100 valence electrons. The van der Waals surface area contributed by atoms with E-state index < -0.39 is 30.4 Å². The molecule has 0 aromatic carbocycles. The quantitative estimate of drug-likeness (QED) is 0.493. The van der Waals surface area contributed by atoms with Crippen LogP contribution in [0.3, 0.4) is 0 Å². The van der Waals surface area contributed by atoms with Crippen molar-refractivity contribution in [2.24, 2.45) is 5.73 Å². The fourth-order valence-electron chi connectivity index (χ4n) is 1.13. The monoisotopic (exact) mass is 249 g/mol. The molecule has 0 amide bonds. The zero-order valence-electron chi connectivity index (χ0n) is 10.0. The number of rotatable bonds is 9. The number of carbonyl (C=O) groups is 2. The normalized spacial score (nSPS) is 13.4. The molecule has 0 fully saturated rings. The average molecular weight is 249 g/mol. The highest BCUT2D eigenvalue weighted by atomic mass is 16.5. The lowest BCUT2D eigenvalue weighted by Gasteiger charge is -2.24. The molecule has 7 heteroatoms. The van der Waals surface area contributed by atoms with Gasteiger partial charge in [-0.3, -0.25) is 4.79 Å². The summed E-state index contributed by atoms with van der Waals surface area (Å²) in [6.45, 7) is 3.07. The van der Waals surface area contributed by atoms with Gasteiger partial charge < -0.3 is 25.4 Å². The first-order chi connectivity index (χ1) is 7.73. The third kappa shape index (κ3) is 9.73. The molecule has 0 aliphatic carbocycles. The van der Waals surface area contributed by atoms with Crippen LogP contribution >= 0.6 is 0 Å². The summed E-state index contributed by atoms with van der Waals surface area (Å²) in [7, 11) is 0. The minimum atomic E-state index is -1.09. The van der Waals surface area contributed by atoms with Crippen molar-refractivity contribution in [2.45, 2.75) is 38.5 Å². The Bertz CT molecular complexity index is 266. The third-order valence-corrected chi connectivity index (χ3v) is 1.89. The zero-order chi connectivity index (χ0) is 13.5. The van der Waals surface area contributed by atoms with Gasteiger partial charge in [0, 0.05) is 6.42 Å². The second-order valence-corrected chi connectivity index (χ2v) is 4.21. The molecule has 17 heavy (non-hydrogen) atoms. The summed E-state index contributed by atoms with van der Waals surface area (Å²) in [5.41, 5.74) is 4.69. The maximum Gasteiger partial charge on any atom is 0.329 e. The molecule has 0 heterocycles. The Kier molecular flexibility index (Phi) is 6.71. The van der Waals surface area contributed by atoms with Crippen LogP contribution in [0.5, 0.6) is 0 Å². The van der Waals surface area contributed by atoms with E-state index in [0.29, 0.717) is 6.42 Å². The number of hydrogen-bond donors (Lipinski definition) is 3. The molecular formula is C10H19NO6. The van der Waals surface area contributed by atoms with Gasteiger partial charge in [0.15, 0.2) is 0 Å². The number of hydrogen-bond acceptors (Lipinski definition) is 5. The summed E-state index contributed by atoms with van der Waals surface area (Å²) < 4.78 is 10.1. The number of ether oxygens (including phenoxy) is 2. The molecule has 0 aromatic heterocycles. The Balaban J connectivity index is 3.74. The third-order valence-electron chi connectivity index (χ3n) is 1.89. The Morgan fingerprint density at radius 1 is 1.29 bits per heavy atom. The van der Waals surface area contributed by atoms with E-state index in [2.05, 4.69) is 0 Å². The second-order valence-electron chi connectivity index (χ2n) is 4.21. The number of aliphatic carboxylic acids is 2. The van der Waals surface area contributed by atoms with Crippen LogP contribution in [0.15, 0.2) is 0 Å². The first kappa shape index (κ1) is 15.8. The summed E-state index contributed by atoms with van der Waals surface area (Å²) in [5, 5.41) is 16.9. The predicted molar refractivity (Wildman–Crippen MR) is 58.5 cm³/mol. The Morgan fingerprint density at radius 3 is 2.35 bits per heavy atom. The molecule has 0 spiro atoms. The van der Waals surface area contributed by atoms with Crippen LogP contribution in [0.1, 0.15) is 26.7 Å². The minimum Gasteiger partial charge on any atom is -0.481 e. The molecule has 0 bridgehead atoms. The van der Waals surface area contributed by atoms with Crippen LogP contribution in [-0.4, -0.2) is 47.2 Å². The molecule has 0 rings (SSSR count). The Labute approximate surface area is 99.5 Å². The molecule has 0 saturated carbocycles. The van der Waals surface area contributed by atoms with Crippen LogP contribution in [0.4, 0.5) is 0 Å². The molecule has 0 radical (unpaired) electrons. The van der Waals surface area contributed by atoms with Crippen molar-refractivity contribution >= 4 is 11.9 Å². The van der Waals surface area contributed by atoms with Crippen molar-refractivity contribution in [1.82, 2.24) is 0 Å². The lowest BCUT2D eigenvalue weighted by atomic mass is 10.1. The molecule has 7 nitrogen and oxygen atoms in total. The van der Waals surface area contributed by atoms with Gasteiger partial charge >= 0.3 is 11.9 Å². The lowest BCUT2D eigenvalue weighted by molar-refractivity contribution is -0.147. The van der Waals surface area contributed by atoms with E-state index in [1.54, 1.807) is 13.8 Å². The van der Waals surface area contributed by atoms with Crippen molar-refractivity contribution in [3.8, 4) is 0 Å². The van der Waals surface area contributed by atoms with Crippen molar-refractivity contribution in [3.63, 3.8) is 0 Å². The molecule has 4 N–H and O–H groups in total. The van der Waals surface area contributed by atoms with E-state index in [-0.39, 0.29) is 13.0 Å². The SMILES string of the molecule is CC(C)(CC(=O)O)OCCC(N)OCC(=O)O. The Morgan fingerprint density at radius 2 is 1.88 bits per heavy atom. The molecule has 0 aromatic rings. The van der Waals surface area contributed by atoms with Crippen molar-refractivity contribution in [3.05, 3.63) is 0 Å². The van der Waals surface area contributed by atoms with Crippen LogP contribution in [0.25, 0.3) is 0 Å². The van der Waals surface area contributed by atoms with Crippen LogP contribution in [0, 0.1) is 0 Å². The topological polar surface area (TPSA) is 119 Å². The van der Waals surface area contributed by atoms with Gasteiger partial charge in [-0.2, -0.15) is 0 Å². The molecule has 1 unspecified atom stereocenters. The number of carboxylic acid groups (broad SMARTS) is 2. The highest BCUT2D eigenvalue weighted by Crippen LogP contribution is 2.14. The standard InChI is InChI=1S/C10H19NO6/c1-10(2,5-8(12)13)17-4-3-7(11)16-6-9(14)15/h7H,3-6,11H2,1-2H3,(H,12,13)(H,14,15). The first-order valence-corrected chi connectivity index (χ1v) is 5.17. The number of carboxylic acids is 2. The van der Waals surface area contributed by atoms with Gasteiger partial charge in [0.2, 0.25) is 0 Å². The van der Waals surface area contributed by atoms with Crippen molar-refractivity contribution in [2.75, 3.05) is 13.2 Å². The average Bonchev–Trinajstić information content (AvgIpc) is 2.12. The molecular weight excluding hydrogens is 230 g/mol. The fraction of sp³-hybridized carbons (Fsp3) is 0.800. The smallest absolute Gasteiger partial charge is 0.329 e. The molecule has 0 aliphatic heterocycles. The van der Waals surface area contributed by atoms with E-state index in [1.807, 2.05) is 0 Å². The highest BCUT2D eigenvalue weighted by Gasteiger charge is 2.22. The van der Waals surface area contributed by atoms with Crippen LogP contribution < -0.4 is 5.73 Å². The fourth-order valence-corrected chi connectivity index (χ4v) is 1.13. The van der Waals surface area contributed by atoms with E-state index in [4.69, 9.17) is 25.4 Å². The Hall–Kier alpha value is -1.18. The van der Waals surface area contributed by atoms with Gasteiger partial charge in [-0.1, -0.05) is 0 Å². The summed E-state index contributed by atoms with van der Waals surface area (Å²) >= 11 is 0. The van der Waals surface area contributed by atoms with Gasteiger partial charge in [-0.15, -0.1) is 0 Å². The zero-order valence-corrected chi connectivity index (χ0v) is 10.0. The second kappa shape index (κ2) is 7.21. The van der Waals surface area contributed by atoms with Crippen LogP contribution in [0.2, 0.25) is 0 Å². The van der Waals surface area contributed by atoms with E-state index >= 15 is 0 Å². The highest BCUT2D eigenvalue weighted by molar-refractivity contribution is 5.68. The summed E-state index contributed by atoms with van der Waals surface area (Å²) in [6, 6.07) is 0. The minimum absolute atomic E-state index is 0.113. The predicted octanol–water partition coefficient (Wildman–Crippen LogP) is 0.0324. The maximum atomic E-state index is 10.5. The largest absolute Gasteiger partial charge is 0.481 e. The van der Waals surface area contributed by atoms with Crippen molar-refractivity contribution < 1.29 is 29.3 Å². The maximum absolute atomic E-state index is 10.5. The lowest BCUT2D eigenvalue weighted by Crippen LogP contribution is -2.32. The summed E-state index contributed by atoms with van der Waals surface area (Å²) in [4.78, 5) is 20.7. The molecule has 0 aliphatic rings. The first-order valence-electron chi connectivity index (χ1n) is 5.17.